The second kappa shape index (κ2) is 43.8. The van der Waals surface area contributed by atoms with Gasteiger partial charge >= 0.3 is 27.8 Å². The molecule has 0 aliphatic heterocycles. The second-order valence-electron chi connectivity index (χ2n) is 34.5. The molecule has 8 aliphatic carbocycles. The highest BCUT2D eigenvalue weighted by atomic mass is 31.2. The minimum absolute atomic E-state index is 0.0398. The zero-order valence-electron chi connectivity index (χ0n) is 66.8. The molecule has 13 unspecified atom stereocenters. The van der Waals surface area contributed by atoms with Crippen LogP contribution in [0.25, 0.3) is 0 Å². The fourth-order valence-electron chi connectivity index (χ4n) is 21.0. The van der Waals surface area contributed by atoms with E-state index in [1.54, 1.807) is 6.92 Å². The first-order valence-electron chi connectivity index (χ1n) is 41.4. The van der Waals surface area contributed by atoms with Gasteiger partial charge in [-0.25, -0.2) is 18.7 Å². The molecule has 8 rings (SSSR count). The van der Waals surface area contributed by atoms with Crippen LogP contribution in [0.4, 0.5) is 9.59 Å². The van der Waals surface area contributed by atoms with Crippen molar-refractivity contribution in [3.8, 4) is 0 Å². The van der Waals surface area contributed by atoms with Gasteiger partial charge in [-0.1, -0.05) is 138 Å². The normalized spacial score (nSPS) is 31.9. The fraction of sp³-hybridized carbons (Fsp3) is 0.926. The minimum Gasteiger partial charge on any atom is -0.446 e. The van der Waals surface area contributed by atoms with Crippen LogP contribution >= 0.6 is 15.6 Å². The van der Waals surface area contributed by atoms with E-state index < -0.39 is 15.6 Å². The van der Waals surface area contributed by atoms with Crippen molar-refractivity contribution in [1.29, 1.82) is 0 Å². The van der Waals surface area contributed by atoms with Gasteiger partial charge in [-0.05, 0) is 195 Å². The molecule has 22 nitrogen and oxygen atoms in total. The van der Waals surface area contributed by atoms with Crippen LogP contribution in [0.3, 0.4) is 0 Å². The summed E-state index contributed by atoms with van der Waals surface area (Å²) in [6, 6.07) is 0. The molecule has 4 N–H and O–H groups in total. The standard InChI is InChI=1S/C81H144N2O20P2/c1-59(2)14-12-16-62(6)70-22-24-72-68-20-18-64-56-66(26-31-78(64,8)74(68)28-33-80(70,72)10)102-76(84)82-35-38-90-40-42-92-44-46-94-48-50-96-52-54-99-104(86,87)98-37-30-61(5)58-101-105(88,89)100-55-53-97-51-49-95-47-45-93-43-41-91-39-36-83-77(85)103-67-27-32-79(9)65(57-67)19-21-69-73-25-23-71(63(7)17-13-15-60(3)4)81(73,11)34-29-75(69)79/h18-19,59-63,66-75H,12-17,20-58H2,1-11H3,(H,82,84)(H,83,85)(H,86,87)(H,88,89)/t61?,62?,63?,66-,67-,68?,69?,70?,71?,72?,73?,74?,75?,78-,79-,80+,81+/m1/s1. The van der Waals surface area contributed by atoms with E-state index in [4.69, 9.17) is 65.5 Å². The number of fused-ring (bicyclic) bond motifs is 10. The molecule has 0 heterocycles. The van der Waals surface area contributed by atoms with E-state index in [0.29, 0.717) is 103 Å². The van der Waals surface area contributed by atoms with Crippen LogP contribution in [-0.4, -0.2) is 179 Å². The molecule has 6 fully saturated rings. The predicted octanol–water partition coefficient (Wildman–Crippen LogP) is 16.7. The zero-order valence-corrected chi connectivity index (χ0v) is 68.6. The number of alkyl carbamates (subject to hydrolysis) is 2. The van der Waals surface area contributed by atoms with Gasteiger partial charge in [0.2, 0.25) is 0 Å². The Labute approximate surface area is 632 Å². The summed E-state index contributed by atoms with van der Waals surface area (Å²) in [7, 11) is -8.73. The van der Waals surface area contributed by atoms with E-state index in [1.807, 2.05) is 0 Å². The predicted molar refractivity (Wildman–Crippen MR) is 406 cm³/mol. The van der Waals surface area contributed by atoms with Crippen molar-refractivity contribution < 1.29 is 94.0 Å². The van der Waals surface area contributed by atoms with E-state index in [2.05, 4.69) is 92.0 Å². The number of carbonyl (C=O) groups excluding carboxylic acids is 2. The van der Waals surface area contributed by atoms with E-state index in [0.717, 1.165) is 110 Å². The first-order valence-corrected chi connectivity index (χ1v) is 44.4. The molecular weight excluding hydrogens is 1380 g/mol. The maximum Gasteiger partial charge on any atom is 0.472 e. The summed E-state index contributed by atoms with van der Waals surface area (Å²) < 4.78 is 101. The van der Waals surface area contributed by atoms with Crippen LogP contribution in [0.2, 0.25) is 0 Å². The number of carbonyl (C=O) groups is 2. The molecule has 2 amide bonds. The molecule has 105 heavy (non-hydrogen) atoms. The van der Waals surface area contributed by atoms with Gasteiger partial charge in [0.15, 0.2) is 0 Å². The molecule has 608 valence electrons. The molecule has 0 spiro atoms. The summed E-state index contributed by atoms with van der Waals surface area (Å²) >= 11 is 0. The van der Waals surface area contributed by atoms with Crippen molar-refractivity contribution in [2.75, 3.05) is 145 Å². The molecule has 6 saturated carbocycles. The van der Waals surface area contributed by atoms with Gasteiger partial charge < -0.3 is 67.8 Å². The van der Waals surface area contributed by atoms with Crippen molar-refractivity contribution in [1.82, 2.24) is 10.6 Å². The Bertz CT molecular complexity index is 2730. The molecule has 24 heteroatoms. The number of nitrogens with one attached hydrogen (secondary N) is 2. The molecule has 0 aromatic carbocycles. The number of phosphoric ester groups is 2. The Kier molecular flexibility index (Phi) is 36.9. The Morgan fingerprint density at radius 2 is 0.781 bits per heavy atom. The number of ether oxygens (including phenoxy) is 10. The van der Waals surface area contributed by atoms with Gasteiger partial charge in [-0.2, -0.15) is 0 Å². The first kappa shape index (κ1) is 88.5. The Morgan fingerprint density at radius 1 is 0.429 bits per heavy atom. The van der Waals surface area contributed by atoms with Crippen molar-refractivity contribution in [2.24, 2.45) is 98.6 Å². The van der Waals surface area contributed by atoms with E-state index in [9.17, 15) is 28.5 Å². The number of hydrogen-bond donors (Lipinski definition) is 4. The highest BCUT2D eigenvalue weighted by molar-refractivity contribution is 7.47. The molecule has 0 radical (unpaired) electrons. The van der Waals surface area contributed by atoms with Crippen LogP contribution in [0.15, 0.2) is 23.3 Å². The monoisotopic (exact) mass is 1530 g/mol. The van der Waals surface area contributed by atoms with Crippen molar-refractivity contribution in [3.63, 3.8) is 0 Å². The van der Waals surface area contributed by atoms with E-state index >= 15 is 0 Å². The molecule has 0 saturated heterocycles. The van der Waals surface area contributed by atoms with Crippen LogP contribution < -0.4 is 10.6 Å². The van der Waals surface area contributed by atoms with Gasteiger partial charge in [0, 0.05) is 25.9 Å². The average Bonchev–Trinajstić information content (AvgIpc) is 1.69. The van der Waals surface area contributed by atoms with E-state index in [1.165, 1.54) is 114 Å². The van der Waals surface area contributed by atoms with Gasteiger partial charge in [0.05, 0.1) is 132 Å². The minimum atomic E-state index is -4.37. The SMILES string of the molecule is CC(C)CCCC(C)C1CCC2C3CC=C4C[C@H](OC(=O)NCCOCCOCCOCCOCCOP(=O)(O)OCCC(C)COP(=O)(O)OCCOCCOCCOCCOCCNC(=O)O[C@@H]5CC[C@]6(C)C(=CCC7C8CCC(C(C)CCCC(C)C)[C@]8(C)CCC76)C5)CC[C@@]4(C)C3CC[C@@]12C. The third kappa shape index (κ3) is 26.8. The van der Waals surface area contributed by atoms with Crippen LogP contribution in [0.1, 0.15) is 224 Å². The summed E-state index contributed by atoms with van der Waals surface area (Å²) in [4.78, 5) is 45.8. The fourth-order valence-corrected chi connectivity index (χ4v) is 22.6. The van der Waals surface area contributed by atoms with Gasteiger partial charge in [0.25, 0.3) is 0 Å². The third-order valence-corrected chi connectivity index (χ3v) is 28.7. The summed E-state index contributed by atoms with van der Waals surface area (Å²) in [5.41, 5.74) is 4.43. The lowest BCUT2D eigenvalue weighted by molar-refractivity contribution is -0.0581. The van der Waals surface area contributed by atoms with Crippen LogP contribution in [-0.2, 0) is 74.6 Å². The quantitative estimate of drug-likeness (QED) is 0.0251. The summed E-state index contributed by atoms with van der Waals surface area (Å²) in [6.45, 7) is 31.4. The zero-order chi connectivity index (χ0) is 75.5. The lowest BCUT2D eigenvalue weighted by Crippen LogP contribution is -2.51. The van der Waals surface area contributed by atoms with E-state index in [-0.39, 0.29) is 100 Å². The highest BCUT2D eigenvalue weighted by Crippen LogP contribution is 2.69. The number of rotatable bonds is 51. The van der Waals surface area contributed by atoms with Crippen LogP contribution in [0.5, 0.6) is 0 Å². The largest absolute Gasteiger partial charge is 0.472 e. The number of phosphoric acid groups is 2. The Hall–Kier alpha value is -2.08. The molecule has 0 bridgehead atoms. The number of allylic oxidation sites excluding steroid dienone is 2. The van der Waals surface area contributed by atoms with Crippen molar-refractivity contribution in [2.45, 2.75) is 236 Å². The Morgan fingerprint density at radius 3 is 1.16 bits per heavy atom. The third-order valence-electron chi connectivity index (χ3n) is 26.7. The molecule has 0 aromatic rings. The topological polar surface area (TPSA) is 262 Å². The average molecular weight is 1530 g/mol. The lowest BCUT2D eigenvalue weighted by Gasteiger charge is -2.58. The maximum absolute atomic E-state index is 12.8. The summed E-state index contributed by atoms with van der Waals surface area (Å²) in [6.07, 6.45) is 31.6. The Balaban J connectivity index is 0.524. The summed E-state index contributed by atoms with van der Waals surface area (Å²) in [5, 5.41) is 5.73. The number of hydrogen-bond acceptors (Lipinski definition) is 18. The van der Waals surface area contributed by atoms with Gasteiger partial charge in [0.1, 0.15) is 12.2 Å². The second-order valence-corrected chi connectivity index (χ2v) is 37.4. The van der Waals surface area contributed by atoms with Crippen molar-refractivity contribution >= 4 is 27.8 Å². The first-order chi connectivity index (χ1) is 50.3. The van der Waals surface area contributed by atoms with Gasteiger partial charge in [-0.3, -0.25) is 18.1 Å². The smallest absolute Gasteiger partial charge is 0.446 e. The summed E-state index contributed by atoms with van der Waals surface area (Å²) in [5.74, 6) is 9.32. The van der Waals surface area contributed by atoms with Crippen LogP contribution in [0, 0.1) is 98.6 Å². The number of amides is 2. The molecule has 19 atom stereocenters. The molecule has 8 aliphatic rings. The molecular formula is C81H144N2O20P2. The maximum atomic E-state index is 12.8. The lowest BCUT2D eigenvalue weighted by atomic mass is 9.47. The van der Waals surface area contributed by atoms with Gasteiger partial charge in [-0.15, -0.1) is 0 Å². The highest BCUT2D eigenvalue weighted by Gasteiger charge is 2.61. The van der Waals surface area contributed by atoms with Crippen molar-refractivity contribution in [3.05, 3.63) is 23.3 Å². The molecule has 0 aromatic heterocycles.